The van der Waals surface area contributed by atoms with E-state index in [1.807, 2.05) is 6.92 Å². The first-order valence-corrected chi connectivity index (χ1v) is 4.57. The van der Waals surface area contributed by atoms with Gasteiger partial charge in [0.15, 0.2) is 0 Å². The Balaban J connectivity index is 2.41. The van der Waals surface area contributed by atoms with Crippen molar-refractivity contribution in [1.82, 2.24) is 0 Å². The first-order chi connectivity index (χ1) is 5.74. The molecule has 70 valence electrons. The summed E-state index contributed by atoms with van der Waals surface area (Å²) < 4.78 is 5.48. The number of carbonyl (C=O) groups is 1. The van der Waals surface area contributed by atoms with Crippen LogP contribution in [0.15, 0.2) is 0 Å². The Morgan fingerprint density at radius 1 is 1.67 bits per heavy atom. The highest BCUT2D eigenvalue weighted by Crippen LogP contribution is 2.25. The van der Waals surface area contributed by atoms with Crippen LogP contribution < -0.4 is 0 Å². The van der Waals surface area contributed by atoms with Crippen LogP contribution in [0.4, 0.5) is 0 Å². The van der Waals surface area contributed by atoms with E-state index in [1.165, 1.54) is 0 Å². The summed E-state index contributed by atoms with van der Waals surface area (Å²) in [4.78, 5) is 10.5. The van der Waals surface area contributed by atoms with E-state index in [2.05, 4.69) is 0 Å². The largest absolute Gasteiger partial charge is 0.481 e. The highest BCUT2D eigenvalue weighted by Gasteiger charge is 2.26. The minimum atomic E-state index is -0.705. The molecule has 2 unspecified atom stereocenters. The summed E-state index contributed by atoms with van der Waals surface area (Å²) in [7, 11) is 0. The molecule has 2 atom stereocenters. The van der Waals surface area contributed by atoms with Crippen molar-refractivity contribution in [2.24, 2.45) is 5.92 Å². The SMILES string of the molecule is CCC1OCCCC1CC(=O)O. The van der Waals surface area contributed by atoms with Crippen LogP contribution >= 0.6 is 0 Å². The van der Waals surface area contributed by atoms with Crippen molar-refractivity contribution in [2.75, 3.05) is 6.61 Å². The maximum Gasteiger partial charge on any atom is 0.303 e. The summed E-state index contributed by atoms with van der Waals surface area (Å²) in [5, 5.41) is 8.62. The molecule has 3 heteroatoms. The fourth-order valence-corrected chi connectivity index (χ4v) is 1.81. The van der Waals surface area contributed by atoms with Gasteiger partial charge in [-0.3, -0.25) is 4.79 Å². The zero-order valence-electron chi connectivity index (χ0n) is 7.45. The Morgan fingerprint density at radius 2 is 2.42 bits per heavy atom. The van der Waals surface area contributed by atoms with Crippen molar-refractivity contribution in [2.45, 2.75) is 38.7 Å². The van der Waals surface area contributed by atoms with Crippen LogP contribution in [0.2, 0.25) is 0 Å². The Morgan fingerprint density at radius 3 is 3.00 bits per heavy atom. The van der Waals surface area contributed by atoms with Crippen LogP contribution in [0.5, 0.6) is 0 Å². The molecule has 0 saturated carbocycles. The van der Waals surface area contributed by atoms with Crippen LogP contribution in [0.1, 0.15) is 32.6 Å². The lowest BCUT2D eigenvalue weighted by atomic mass is 9.90. The van der Waals surface area contributed by atoms with Crippen molar-refractivity contribution in [3.63, 3.8) is 0 Å². The molecule has 1 fully saturated rings. The molecule has 1 saturated heterocycles. The van der Waals surface area contributed by atoms with Crippen molar-refractivity contribution in [3.05, 3.63) is 0 Å². The molecule has 0 radical (unpaired) electrons. The van der Waals surface area contributed by atoms with Gasteiger partial charge in [-0.15, -0.1) is 0 Å². The van der Waals surface area contributed by atoms with Gasteiger partial charge in [-0.25, -0.2) is 0 Å². The standard InChI is InChI=1S/C9H16O3/c1-2-8-7(6-9(10)11)4-3-5-12-8/h7-8H,2-6H2,1H3,(H,10,11). The number of aliphatic carboxylic acids is 1. The lowest BCUT2D eigenvalue weighted by Gasteiger charge is -2.29. The second kappa shape index (κ2) is 4.45. The summed E-state index contributed by atoms with van der Waals surface area (Å²) in [5.74, 6) is -0.467. The minimum Gasteiger partial charge on any atom is -0.481 e. The smallest absolute Gasteiger partial charge is 0.303 e. The molecule has 0 aromatic carbocycles. The number of ether oxygens (including phenoxy) is 1. The second-order valence-corrected chi connectivity index (χ2v) is 3.32. The molecule has 1 N–H and O–H groups in total. The van der Waals surface area contributed by atoms with Gasteiger partial charge in [-0.2, -0.15) is 0 Å². The second-order valence-electron chi connectivity index (χ2n) is 3.32. The quantitative estimate of drug-likeness (QED) is 0.704. The summed E-state index contributed by atoms with van der Waals surface area (Å²) in [6.45, 7) is 2.85. The first-order valence-electron chi connectivity index (χ1n) is 4.57. The minimum absolute atomic E-state index is 0.176. The van der Waals surface area contributed by atoms with Crippen LogP contribution in [0.25, 0.3) is 0 Å². The van der Waals surface area contributed by atoms with E-state index in [9.17, 15) is 4.79 Å². The van der Waals surface area contributed by atoms with Crippen LogP contribution in [0.3, 0.4) is 0 Å². The number of hydrogen-bond acceptors (Lipinski definition) is 2. The van der Waals surface area contributed by atoms with Crippen LogP contribution in [0, 0.1) is 5.92 Å². The maximum absolute atomic E-state index is 10.5. The third kappa shape index (κ3) is 2.48. The molecular weight excluding hydrogens is 156 g/mol. The fraction of sp³-hybridized carbons (Fsp3) is 0.889. The van der Waals surface area contributed by atoms with Crippen LogP contribution in [-0.2, 0) is 9.53 Å². The van der Waals surface area contributed by atoms with E-state index >= 15 is 0 Å². The lowest BCUT2D eigenvalue weighted by molar-refractivity contribution is -0.140. The molecule has 3 nitrogen and oxygen atoms in total. The van der Waals surface area contributed by atoms with Gasteiger partial charge in [0.1, 0.15) is 0 Å². The molecule has 0 bridgehead atoms. The molecule has 1 aliphatic heterocycles. The Labute approximate surface area is 72.7 Å². The zero-order valence-corrected chi connectivity index (χ0v) is 7.45. The third-order valence-corrected chi connectivity index (χ3v) is 2.42. The van der Waals surface area contributed by atoms with Gasteiger partial charge in [-0.05, 0) is 25.2 Å². The van der Waals surface area contributed by atoms with E-state index in [0.29, 0.717) is 0 Å². The van der Waals surface area contributed by atoms with Gasteiger partial charge in [-0.1, -0.05) is 6.92 Å². The average Bonchev–Trinajstić information content (AvgIpc) is 2.04. The highest BCUT2D eigenvalue weighted by atomic mass is 16.5. The summed E-state index contributed by atoms with van der Waals surface area (Å²) >= 11 is 0. The zero-order chi connectivity index (χ0) is 8.97. The predicted molar refractivity (Wildman–Crippen MR) is 45.0 cm³/mol. The summed E-state index contributed by atoms with van der Waals surface area (Å²) in [5.41, 5.74) is 0. The Hall–Kier alpha value is -0.570. The molecule has 1 aliphatic rings. The summed E-state index contributed by atoms with van der Waals surface area (Å²) in [6.07, 6.45) is 3.38. The molecule has 1 rings (SSSR count). The van der Waals surface area contributed by atoms with Gasteiger partial charge < -0.3 is 9.84 Å². The highest BCUT2D eigenvalue weighted by molar-refractivity contribution is 5.67. The summed E-state index contributed by atoms with van der Waals surface area (Å²) in [6, 6.07) is 0. The molecule has 0 aromatic rings. The van der Waals surface area contributed by atoms with Gasteiger partial charge in [0.05, 0.1) is 12.5 Å². The van der Waals surface area contributed by atoms with E-state index in [1.54, 1.807) is 0 Å². The number of rotatable bonds is 3. The Bertz CT molecular complexity index is 156. The molecule has 0 amide bonds. The van der Waals surface area contributed by atoms with Crippen molar-refractivity contribution in [1.29, 1.82) is 0 Å². The predicted octanol–water partition coefficient (Wildman–Crippen LogP) is 1.67. The third-order valence-electron chi connectivity index (χ3n) is 2.42. The van der Waals surface area contributed by atoms with Gasteiger partial charge in [0.25, 0.3) is 0 Å². The lowest BCUT2D eigenvalue weighted by Crippen LogP contribution is -2.30. The van der Waals surface area contributed by atoms with E-state index < -0.39 is 5.97 Å². The van der Waals surface area contributed by atoms with E-state index in [4.69, 9.17) is 9.84 Å². The van der Waals surface area contributed by atoms with Crippen molar-refractivity contribution in [3.8, 4) is 0 Å². The fourth-order valence-electron chi connectivity index (χ4n) is 1.81. The Kier molecular flexibility index (Phi) is 3.53. The van der Waals surface area contributed by atoms with Crippen molar-refractivity contribution < 1.29 is 14.6 Å². The maximum atomic E-state index is 10.5. The number of hydrogen-bond donors (Lipinski definition) is 1. The molecular formula is C9H16O3. The average molecular weight is 172 g/mol. The molecule has 12 heavy (non-hydrogen) atoms. The van der Waals surface area contributed by atoms with Crippen LogP contribution in [-0.4, -0.2) is 23.8 Å². The molecule has 0 aliphatic carbocycles. The molecule has 0 spiro atoms. The normalized spacial score (nSPS) is 30.1. The van der Waals surface area contributed by atoms with Crippen molar-refractivity contribution >= 4 is 5.97 Å². The monoisotopic (exact) mass is 172 g/mol. The first kappa shape index (κ1) is 9.52. The number of carboxylic acid groups (broad SMARTS) is 1. The molecule has 1 heterocycles. The molecule has 0 aromatic heterocycles. The van der Waals surface area contributed by atoms with E-state index in [-0.39, 0.29) is 18.4 Å². The topological polar surface area (TPSA) is 46.5 Å². The van der Waals surface area contributed by atoms with Gasteiger partial charge >= 0.3 is 5.97 Å². The van der Waals surface area contributed by atoms with Gasteiger partial charge in [0, 0.05) is 6.61 Å². The van der Waals surface area contributed by atoms with Gasteiger partial charge in [0.2, 0.25) is 0 Å². The number of carboxylic acids is 1. The van der Waals surface area contributed by atoms with E-state index in [0.717, 1.165) is 25.9 Å².